The number of allylic oxidation sites excluding steroid dienone is 1. The van der Waals surface area contributed by atoms with Crippen molar-refractivity contribution in [2.75, 3.05) is 0 Å². The molecular formula is C15H22O3. The van der Waals surface area contributed by atoms with E-state index in [1.165, 1.54) is 0 Å². The van der Waals surface area contributed by atoms with E-state index in [9.17, 15) is 9.59 Å². The highest BCUT2D eigenvalue weighted by atomic mass is 16.5. The van der Waals surface area contributed by atoms with Crippen LogP contribution in [0.5, 0.6) is 0 Å². The highest BCUT2D eigenvalue weighted by Gasteiger charge is 2.67. The predicted octanol–water partition coefficient (Wildman–Crippen LogP) is 2.89. The first kappa shape index (κ1) is 13.3. The Labute approximate surface area is 109 Å². The van der Waals surface area contributed by atoms with Crippen LogP contribution in [0, 0.1) is 16.7 Å². The van der Waals surface area contributed by atoms with E-state index in [1.807, 2.05) is 13.8 Å². The van der Waals surface area contributed by atoms with E-state index in [0.29, 0.717) is 17.9 Å². The maximum absolute atomic E-state index is 12.2. The van der Waals surface area contributed by atoms with Gasteiger partial charge in [-0.1, -0.05) is 19.9 Å². The van der Waals surface area contributed by atoms with Crippen LogP contribution in [-0.4, -0.2) is 17.9 Å². The summed E-state index contributed by atoms with van der Waals surface area (Å²) in [5, 5.41) is 0. The van der Waals surface area contributed by atoms with Crippen LogP contribution in [0.25, 0.3) is 0 Å². The summed E-state index contributed by atoms with van der Waals surface area (Å²) in [7, 11) is 0. The van der Waals surface area contributed by atoms with Crippen molar-refractivity contribution in [3.63, 3.8) is 0 Å². The molecule has 0 aromatic rings. The van der Waals surface area contributed by atoms with Gasteiger partial charge in [-0.2, -0.15) is 0 Å². The molecule has 100 valence electrons. The third-order valence-corrected chi connectivity index (χ3v) is 5.52. The molecule has 3 heteroatoms. The van der Waals surface area contributed by atoms with Crippen LogP contribution in [0.15, 0.2) is 11.6 Å². The molecule has 0 aromatic carbocycles. The SMILES string of the molecule is C/C=C(\C)C(=O)OC1CC2CC(=O)C1(C)C2(C)C. The lowest BCUT2D eigenvalue weighted by atomic mass is 9.69. The van der Waals surface area contributed by atoms with Crippen molar-refractivity contribution < 1.29 is 14.3 Å². The fraction of sp³-hybridized carbons (Fsp3) is 0.733. The summed E-state index contributed by atoms with van der Waals surface area (Å²) in [5.41, 5.74) is 0.0202. The topological polar surface area (TPSA) is 43.4 Å². The molecule has 2 saturated carbocycles. The van der Waals surface area contributed by atoms with Crippen molar-refractivity contribution in [2.45, 2.75) is 53.6 Å². The van der Waals surface area contributed by atoms with E-state index in [-0.39, 0.29) is 23.3 Å². The number of carbonyl (C=O) groups is 2. The second-order valence-electron chi connectivity index (χ2n) is 6.35. The fourth-order valence-electron chi connectivity index (χ4n) is 3.45. The standard InChI is InChI=1S/C15H22O3/c1-6-9(2)13(17)18-12-8-10-7-11(16)15(12,5)14(10,3)4/h6,10,12H,7-8H2,1-5H3/b9-6+. The normalized spacial score (nSPS) is 38.1. The summed E-state index contributed by atoms with van der Waals surface area (Å²) < 4.78 is 5.58. The molecule has 0 aromatic heterocycles. The van der Waals surface area contributed by atoms with Gasteiger partial charge in [-0.25, -0.2) is 4.79 Å². The summed E-state index contributed by atoms with van der Waals surface area (Å²) in [4.78, 5) is 24.1. The molecule has 0 amide bonds. The van der Waals surface area contributed by atoms with Gasteiger partial charge in [0.15, 0.2) is 0 Å². The molecule has 2 aliphatic carbocycles. The van der Waals surface area contributed by atoms with Crippen LogP contribution in [-0.2, 0) is 14.3 Å². The lowest BCUT2D eigenvalue weighted by Crippen LogP contribution is -2.44. The summed E-state index contributed by atoms with van der Waals surface area (Å²) in [6, 6.07) is 0. The highest BCUT2D eigenvalue weighted by molar-refractivity contribution is 5.92. The first-order valence-corrected chi connectivity index (χ1v) is 6.62. The van der Waals surface area contributed by atoms with Crippen LogP contribution >= 0.6 is 0 Å². The van der Waals surface area contributed by atoms with Gasteiger partial charge in [0.25, 0.3) is 0 Å². The van der Waals surface area contributed by atoms with Crippen molar-refractivity contribution in [1.29, 1.82) is 0 Å². The van der Waals surface area contributed by atoms with Crippen molar-refractivity contribution in [3.8, 4) is 0 Å². The highest BCUT2D eigenvalue weighted by Crippen LogP contribution is 2.64. The Morgan fingerprint density at radius 2 is 2.00 bits per heavy atom. The van der Waals surface area contributed by atoms with Crippen molar-refractivity contribution in [3.05, 3.63) is 11.6 Å². The van der Waals surface area contributed by atoms with Gasteiger partial charge in [-0.3, -0.25) is 4.79 Å². The fourth-order valence-corrected chi connectivity index (χ4v) is 3.45. The molecule has 3 nitrogen and oxygen atoms in total. The molecule has 18 heavy (non-hydrogen) atoms. The Morgan fingerprint density at radius 1 is 1.39 bits per heavy atom. The molecule has 0 N–H and O–H groups in total. The molecule has 2 aliphatic rings. The van der Waals surface area contributed by atoms with Crippen LogP contribution in [0.4, 0.5) is 0 Å². The number of carbonyl (C=O) groups excluding carboxylic acids is 2. The third-order valence-electron chi connectivity index (χ3n) is 5.52. The summed E-state index contributed by atoms with van der Waals surface area (Å²) in [6.45, 7) is 9.77. The molecule has 2 fully saturated rings. The number of hydrogen-bond donors (Lipinski definition) is 0. The van der Waals surface area contributed by atoms with Crippen molar-refractivity contribution in [2.24, 2.45) is 16.7 Å². The third kappa shape index (κ3) is 1.49. The minimum absolute atomic E-state index is 0.0706. The number of hydrogen-bond acceptors (Lipinski definition) is 3. The monoisotopic (exact) mass is 250 g/mol. The van der Waals surface area contributed by atoms with Crippen molar-refractivity contribution in [1.82, 2.24) is 0 Å². The smallest absolute Gasteiger partial charge is 0.333 e. The zero-order valence-electron chi connectivity index (χ0n) is 11.9. The number of Topliss-reactive ketones (excluding diaryl/α,β-unsaturated/α-hetero) is 1. The first-order valence-electron chi connectivity index (χ1n) is 6.62. The Hall–Kier alpha value is -1.12. The Morgan fingerprint density at radius 3 is 2.44 bits per heavy atom. The van der Waals surface area contributed by atoms with Gasteiger partial charge in [0, 0.05) is 12.0 Å². The van der Waals surface area contributed by atoms with Gasteiger partial charge < -0.3 is 4.74 Å². The van der Waals surface area contributed by atoms with Crippen LogP contribution < -0.4 is 0 Å². The van der Waals surface area contributed by atoms with Crippen LogP contribution in [0.3, 0.4) is 0 Å². The molecule has 3 unspecified atom stereocenters. The van der Waals surface area contributed by atoms with Gasteiger partial charge in [0.2, 0.25) is 0 Å². The summed E-state index contributed by atoms with van der Waals surface area (Å²) in [6.07, 6.45) is 2.93. The lowest BCUT2D eigenvalue weighted by Gasteiger charge is -2.36. The van der Waals surface area contributed by atoms with Gasteiger partial charge in [-0.15, -0.1) is 0 Å². The number of fused-ring (bicyclic) bond motifs is 2. The van der Waals surface area contributed by atoms with Gasteiger partial charge in [0.05, 0.1) is 5.41 Å². The average Bonchev–Trinajstić information content (AvgIpc) is 2.59. The van der Waals surface area contributed by atoms with E-state index in [4.69, 9.17) is 4.74 Å². The van der Waals surface area contributed by atoms with Gasteiger partial charge in [0.1, 0.15) is 11.9 Å². The van der Waals surface area contributed by atoms with E-state index in [1.54, 1.807) is 13.0 Å². The van der Waals surface area contributed by atoms with E-state index in [2.05, 4.69) is 13.8 Å². The molecule has 0 heterocycles. The largest absolute Gasteiger partial charge is 0.458 e. The number of ether oxygens (including phenoxy) is 1. The molecule has 0 spiro atoms. The van der Waals surface area contributed by atoms with E-state index < -0.39 is 5.41 Å². The molecule has 2 rings (SSSR count). The van der Waals surface area contributed by atoms with E-state index >= 15 is 0 Å². The number of esters is 1. The second kappa shape index (κ2) is 3.94. The maximum atomic E-state index is 12.2. The average molecular weight is 250 g/mol. The minimum Gasteiger partial charge on any atom is -0.458 e. The van der Waals surface area contributed by atoms with E-state index in [0.717, 1.165) is 6.42 Å². The minimum atomic E-state index is -0.513. The Balaban J connectivity index is 2.24. The molecule has 0 saturated heterocycles. The molecule has 3 atom stereocenters. The molecule has 2 bridgehead atoms. The summed E-state index contributed by atoms with van der Waals surface area (Å²) >= 11 is 0. The zero-order chi connectivity index (χ0) is 13.7. The van der Waals surface area contributed by atoms with Gasteiger partial charge in [-0.05, 0) is 38.5 Å². The number of ketones is 1. The quantitative estimate of drug-likeness (QED) is 0.559. The Kier molecular flexibility index (Phi) is 2.91. The predicted molar refractivity (Wildman–Crippen MR) is 68.9 cm³/mol. The lowest BCUT2D eigenvalue weighted by molar-refractivity contribution is -0.156. The van der Waals surface area contributed by atoms with Crippen LogP contribution in [0.1, 0.15) is 47.5 Å². The molecule has 0 aliphatic heterocycles. The molecular weight excluding hydrogens is 228 g/mol. The van der Waals surface area contributed by atoms with Gasteiger partial charge >= 0.3 is 5.97 Å². The van der Waals surface area contributed by atoms with Crippen LogP contribution in [0.2, 0.25) is 0 Å². The molecule has 0 radical (unpaired) electrons. The summed E-state index contributed by atoms with van der Waals surface area (Å²) in [5.74, 6) is 0.304. The first-order chi connectivity index (χ1) is 8.25. The Bertz CT molecular complexity index is 433. The van der Waals surface area contributed by atoms with Crippen molar-refractivity contribution >= 4 is 11.8 Å². The zero-order valence-corrected chi connectivity index (χ0v) is 11.9. The number of rotatable bonds is 2. The second-order valence-corrected chi connectivity index (χ2v) is 6.35. The maximum Gasteiger partial charge on any atom is 0.333 e.